The van der Waals surface area contributed by atoms with Gasteiger partial charge in [-0.1, -0.05) is 30.7 Å². The van der Waals surface area contributed by atoms with Crippen molar-refractivity contribution in [2.75, 3.05) is 34.0 Å². The molecule has 1 fully saturated rings. The fourth-order valence-corrected chi connectivity index (χ4v) is 4.41. The monoisotopic (exact) mass is 487 g/mol. The first-order valence-electron chi connectivity index (χ1n) is 11.2. The third-order valence-corrected chi connectivity index (χ3v) is 5.88. The van der Waals surface area contributed by atoms with Crippen LogP contribution in [0.3, 0.4) is 0 Å². The quantitative estimate of drug-likeness (QED) is 0.222. The van der Waals surface area contributed by atoms with Crippen molar-refractivity contribution < 1.29 is 28.9 Å². The third kappa shape index (κ3) is 5.21. The largest absolute Gasteiger partial charge is 0.507 e. The van der Waals surface area contributed by atoms with Gasteiger partial charge < -0.3 is 24.2 Å². The van der Waals surface area contributed by atoms with E-state index < -0.39 is 17.7 Å². The van der Waals surface area contributed by atoms with Crippen LogP contribution in [0.5, 0.6) is 11.5 Å². The summed E-state index contributed by atoms with van der Waals surface area (Å²) in [6, 6.07) is 9.80. The summed E-state index contributed by atoms with van der Waals surface area (Å²) in [4.78, 5) is 27.7. The Labute approximate surface area is 204 Å². The first-order chi connectivity index (χ1) is 16.3. The van der Waals surface area contributed by atoms with Gasteiger partial charge in [-0.3, -0.25) is 9.59 Å². The minimum absolute atomic E-state index is 0.00962. The highest BCUT2D eigenvalue weighted by Crippen LogP contribution is 2.43. The zero-order chi connectivity index (χ0) is 24.8. The molecule has 0 radical (unpaired) electrons. The molecule has 0 bridgehead atoms. The molecule has 0 saturated carbocycles. The maximum absolute atomic E-state index is 13.2. The number of carbonyl (C=O) groups excluding carboxylic acids is 2. The minimum Gasteiger partial charge on any atom is -0.507 e. The number of aryl methyl sites for hydroxylation is 1. The molecule has 1 unspecified atom stereocenters. The first kappa shape index (κ1) is 25.6. The lowest BCUT2D eigenvalue weighted by Gasteiger charge is -2.25. The highest BCUT2D eigenvalue weighted by Gasteiger charge is 2.46. The van der Waals surface area contributed by atoms with E-state index in [9.17, 15) is 14.7 Å². The first-order valence-corrected chi connectivity index (χ1v) is 11.6. The van der Waals surface area contributed by atoms with Crippen molar-refractivity contribution in [2.45, 2.75) is 32.7 Å². The number of likely N-dealkylation sites (tertiary alicyclic amines) is 1. The van der Waals surface area contributed by atoms with Gasteiger partial charge in [-0.2, -0.15) is 0 Å². The summed E-state index contributed by atoms with van der Waals surface area (Å²) in [7, 11) is 3.01. The van der Waals surface area contributed by atoms with Crippen molar-refractivity contribution in [3.63, 3.8) is 0 Å². The summed E-state index contributed by atoms with van der Waals surface area (Å²) in [5, 5.41) is 11.7. The van der Waals surface area contributed by atoms with Crippen LogP contribution in [0, 0.1) is 6.92 Å². The number of ketones is 1. The summed E-state index contributed by atoms with van der Waals surface area (Å²) in [6.45, 7) is 5.15. The van der Waals surface area contributed by atoms with Gasteiger partial charge in [-0.05, 0) is 55.2 Å². The number of halogens is 1. The smallest absolute Gasteiger partial charge is 0.295 e. The lowest BCUT2D eigenvalue weighted by Crippen LogP contribution is -2.31. The molecular weight excluding hydrogens is 458 g/mol. The third-order valence-electron chi connectivity index (χ3n) is 5.60. The van der Waals surface area contributed by atoms with Gasteiger partial charge in [0.05, 0.1) is 35.9 Å². The molecule has 1 amide bonds. The van der Waals surface area contributed by atoms with E-state index in [1.165, 1.54) is 12.0 Å². The number of aliphatic hydroxyl groups is 1. The summed E-state index contributed by atoms with van der Waals surface area (Å²) in [5.41, 5.74) is 1.70. The fourth-order valence-electron chi connectivity index (χ4n) is 4.06. The van der Waals surface area contributed by atoms with Crippen molar-refractivity contribution in [1.29, 1.82) is 0 Å². The Morgan fingerprint density at radius 1 is 1.12 bits per heavy atom. The molecule has 7 nitrogen and oxygen atoms in total. The molecule has 182 valence electrons. The molecule has 3 rings (SSSR count). The molecule has 1 aliphatic rings. The average molecular weight is 488 g/mol. The van der Waals surface area contributed by atoms with Crippen LogP contribution in [0.2, 0.25) is 5.02 Å². The van der Waals surface area contributed by atoms with Crippen molar-refractivity contribution in [3.05, 3.63) is 63.7 Å². The topological polar surface area (TPSA) is 85.3 Å². The van der Waals surface area contributed by atoms with E-state index in [2.05, 4.69) is 0 Å². The SMILES string of the molecule is CCCOc1ccc(C2/C(=C(\O)c3cc(C)cc(Cl)c3OC)C(=O)C(=O)N2CCCOC)cc1. The molecule has 1 aliphatic heterocycles. The zero-order valence-electron chi connectivity index (χ0n) is 19.9. The van der Waals surface area contributed by atoms with Crippen LogP contribution in [-0.4, -0.2) is 55.7 Å². The average Bonchev–Trinajstić information content (AvgIpc) is 3.07. The van der Waals surface area contributed by atoms with E-state index in [-0.39, 0.29) is 22.6 Å². The van der Waals surface area contributed by atoms with Gasteiger partial charge in [0.25, 0.3) is 11.7 Å². The van der Waals surface area contributed by atoms with Crippen LogP contribution in [-0.2, 0) is 14.3 Å². The Morgan fingerprint density at radius 3 is 2.44 bits per heavy atom. The number of ether oxygens (including phenoxy) is 3. The Bertz CT molecular complexity index is 1080. The minimum atomic E-state index is -0.777. The number of hydrogen-bond acceptors (Lipinski definition) is 6. The maximum atomic E-state index is 13.2. The Morgan fingerprint density at radius 2 is 1.82 bits per heavy atom. The molecule has 1 N–H and O–H groups in total. The number of amides is 1. The summed E-state index contributed by atoms with van der Waals surface area (Å²) < 4.78 is 16.2. The number of carbonyl (C=O) groups is 2. The number of benzene rings is 2. The summed E-state index contributed by atoms with van der Waals surface area (Å²) >= 11 is 6.33. The van der Waals surface area contributed by atoms with Crippen LogP contribution in [0.4, 0.5) is 0 Å². The van der Waals surface area contributed by atoms with Gasteiger partial charge in [0, 0.05) is 20.3 Å². The lowest BCUT2D eigenvalue weighted by molar-refractivity contribution is -0.140. The van der Waals surface area contributed by atoms with Crippen LogP contribution in [0.25, 0.3) is 5.76 Å². The summed E-state index contributed by atoms with van der Waals surface area (Å²) in [6.07, 6.45) is 1.42. The lowest BCUT2D eigenvalue weighted by atomic mass is 9.94. The van der Waals surface area contributed by atoms with Crippen molar-refractivity contribution in [1.82, 2.24) is 4.90 Å². The van der Waals surface area contributed by atoms with Crippen LogP contribution in [0.15, 0.2) is 42.0 Å². The number of aliphatic hydroxyl groups excluding tert-OH is 1. The maximum Gasteiger partial charge on any atom is 0.295 e. The number of Topliss-reactive ketones (excluding diaryl/α,β-unsaturated/α-hetero) is 1. The predicted molar refractivity (Wildman–Crippen MR) is 130 cm³/mol. The molecule has 34 heavy (non-hydrogen) atoms. The number of methoxy groups -OCH3 is 2. The zero-order valence-corrected chi connectivity index (χ0v) is 20.6. The van der Waals surface area contributed by atoms with Gasteiger partial charge in [0.2, 0.25) is 0 Å². The molecule has 8 heteroatoms. The molecule has 0 aliphatic carbocycles. The van der Waals surface area contributed by atoms with E-state index in [1.807, 2.05) is 13.8 Å². The molecule has 0 spiro atoms. The van der Waals surface area contributed by atoms with Gasteiger partial charge in [-0.25, -0.2) is 0 Å². The van der Waals surface area contributed by atoms with Crippen molar-refractivity contribution in [3.8, 4) is 11.5 Å². The Balaban J connectivity index is 2.15. The van der Waals surface area contributed by atoms with E-state index in [4.69, 9.17) is 25.8 Å². The number of hydrogen-bond donors (Lipinski definition) is 1. The van der Waals surface area contributed by atoms with E-state index in [1.54, 1.807) is 43.5 Å². The van der Waals surface area contributed by atoms with E-state index >= 15 is 0 Å². The van der Waals surface area contributed by atoms with Gasteiger partial charge in [-0.15, -0.1) is 0 Å². The second-order valence-corrected chi connectivity index (χ2v) is 8.49. The fraction of sp³-hybridized carbons (Fsp3) is 0.385. The number of nitrogens with zero attached hydrogens (tertiary/aromatic N) is 1. The van der Waals surface area contributed by atoms with Crippen LogP contribution >= 0.6 is 11.6 Å². The standard InChI is InChI=1S/C26H30ClNO6/c1-5-12-34-18-9-7-17(8-10-18)22-21(24(30)26(31)28(22)11-6-13-32-3)23(29)19-14-16(2)15-20(27)25(19)33-4/h7-10,14-15,22,29H,5-6,11-13H2,1-4H3/b23-21+. The normalized spacial score (nSPS) is 17.3. The van der Waals surface area contributed by atoms with Crippen molar-refractivity contribution in [2.24, 2.45) is 0 Å². The molecule has 2 aromatic rings. The Hall–Kier alpha value is -3.03. The van der Waals surface area contributed by atoms with E-state index in [0.29, 0.717) is 42.5 Å². The second-order valence-electron chi connectivity index (χ2n) is 8.08. The summed E-state index contributed by atoms with van der Waals surface area (Å²) in [5.74, 6) is -0.838. The molecular formula is C26H30ClNO6. The number of rotatable bonds is 10. The highest BCUT2D eigenvalue weighted by molar-refractivity contribution is 6.46. The molecule has 1 atom stereocenters. The highest BCUT2D eigenvalue weighted by atomic mass is 35.5. The van der Waals surface area contributed by atoms with Crippen LogP contribution < -0.4 is 9.47 Å². The predicted octanol–water partition coefficient (Wildman–Crippen LogP) is 4.90. The second kappa shape index (κ2) is 11.4. The van der Waals surface area contributed by atoms with Gasteiger partial charge >= 0.3 is 0 Å². The van der Waals surface area contributed by atoms with Gasteiger partial charge in [0.15, 0.2) is 0 Å². The van der Waals surface area contributed by atoms with Crippen LogP contribution in [0.1, 0.15) is 42.5 Å². The molecule has 2 aromatic carbocycles. The molecule has 1 heterocycles. The van der Waals surface area contributed by atoms with Crippen molar-refractivity contribution >= 4 is 29.1 Å². The molecule has 0 aromatic heterocycles. The van der Waals surface area contributed by atoms with Gasteiger partial charge in [0.1, 0.15) is 17.3 Å². The molecule has 1 saturated heterocycles. The Kier molecular flexibility index (Phi) is 8.58. The van der Waals surface area contributed by atoms with E-state index in [0.717, 1.165) is 12.0 Å².